The van der Waals surface area contributed by atoms with Crippen LogP contribution in [0.25, 0.3) is 0 Å². The predicted octanol–water partition coefficient (Wildman–Crippen LogP) is 3.68. The second kappa shape index (κ2) is 11.1. The first-order valence-corrected chi connectivity index (χ1v) is 11.9. The molecule has 1 aliphatic heterocycles. The Labute approximate surface area is 186 Å². The first-order chi connectivity index (χ1) is 11.8. The topological polar surface area (TPSA) is 70.6 Å². The van der Waals surface area contributed by atoms with Gasteiger partial charge in [-0.05, 0) is 56.7 Å². The maximum absolute atomic E-state index is 12.4. The van der Waals surface area contributed by atoms with Gasteiger partial charge in [0.25, 0.3) is 0 Å². The van der Waals surface area contributed by atoms with Gasteiger partial charge >= 0.3 is 0 Å². The van der Waals surface area contributed by atoms with Crippen LogP contribution < -0.4 is 10.6 Å². The van der Waals surface area contributed by atoms with E-state index in [1.165, 1.54) is 18.6 Å². The van der Waals surface area contributed by atoms with E-state index in [1.807, 2.05) is 18.7 Å². The molecule has 2 N–H and O–H groups in total. The molecule has 1 aromatic carbocycles. The highest BCUT2D eigenvalue weighted by Gasteiger charge is 2.29. The number of halogens is 2. The van der Waals surface area contributed by atoms with Crippen LogP contribution in [0.1, 0.15) is 26.7 Å². The van der Waals surface area contributed by atoms with Crippen molar-refractivity contribution in [1.82, 2.24) is 10.6 Å². The van der Waals surface area contributed by atoms with Crippen LogP contribution >= 0.6 is 51.7 Å². The molecule has 26 heavy (non-hydrogen) atoms. The van der Waals surface area contributed by atoms with Crippen LogP contribution in [0.15, 0.2) is 38.6 Å². The highest BCUT2D eigenvalue weighted by molar-refractivity contribution is 14.0. The zero-order valence-corrected chi connectivity index (χ0v) is 20.7. The number of rotatable bonds is 7. The van der Waals surface area contributed by atoms with E-state index in [-0.39, 0.29) is 34.5 Å². The SMILES string of the molecule is CCNC(=NCC1(C)CCCS1)NCCS(=O)(=O)c1ccc(Br)cc1.I. The summed E-state index contributed by atoms with van der Waals surface area (Å²) >= 11 is 5.29. The van der Waals surface area contributed by atoms with Gasteiger partial charge in [0.1, 0.15) is 0 Å². The number of hydrogen-bond acceptors (Lipinski definition) is 4. The minimum atomic E-state index is -3.30. The van der Waals surface area contributed by atoms with Crippen LogP contribution in [-0.4, -0.2) is 50.3 Å². The zero-order chi connectivity index (χ0) is 18.3. The molecule has 1 saturated heterocycles. The van der Waals surface area contributed by atoms with Crippen molar-refractivity contribution in [3.05, 3.63) is 28.7 Å². The molecule has 0 spiro atoms. The second-order valence-corrected chi connectivity index (χ2v) is 11.0. The molecule has 2 rings (SSSR count). The highest BCUT2D eigenvalue weighted by atomic mass is 127. The van der Waals surface area contributed by atoms with E-state index in [1.54, 1.807) is 24.3 Å². The average Bonchev–Trinajstić information content (AvgIpc) is 3.00. The van der Waals surface area contributed by atoms with Crippen molar-refractivity contribution < 1.29 is 8.42 Å². The molecule has 1 atom stereocenters. The van der Waals surface area contributed by atoms with E-state index in [0.717, 1.165) is 17.6 Å². The molecule has 0 amide bonds. The Kier molecular flexibility index (Phi) is 10.3. The van der Waals surface area contributed by atoms with Gasteiger partial charge in [-0.3, -0.25) is 4.99 Å². The smallest absolute Gasteiger partial charge is 0.191 e. The quantitative estimate of drug-likeness (QED) is 0.295. The van der Waals surface area contributed by atoms with Crippen LogP contribution in [0, 0.1) is 0 Å². The normalized spacial score (nSPS) is 20.5. The molecule has 0 aromatic heterocycles. The van der Waals surface area contributed by atoms with Crippen molar-refractivity contribution in [1.29, 1.82) is 0 Å². The molecule has 0 aliphatic carbocycles. The Morgan fingerprint density at radius 1 is 1.31 bits per heavy atom. The number of aliphatic imine (C=N–C) groups is 1. The van der Waals surface area contributed by atoms with E-state index in [9.17, 15) is 8.42 Å². The summed E-state index contributed by atoms with van der Waals surface area (Å²) in [6, 6.07) is 6.73. The molecule has 1 unspecified atom stereocenters. The molecule has 0 radical (unpaired) electrons. The summed E-state index contributed by atoms with van der Waals surface area (Å²) in [6.07, 6.45) is 2.42. The number of hydrogen-bond donors (Lipinski definition) is 2. The van der Waals surface area contributed by atoms with Gasteiger partial charge in [0, 0.05) is 22.3 Å². The number of benzene rings is 1. The molecule has 1 aliphatic rings. The first kappa shape index (κ1) is 24.0. The number of thioether (sulfide) groups is 1. The van der Waals surface area contributed by atoms with E-state index >= 15 is 0 Å². The van der Waals surface area contributed by atoms with Crippen molar-refractivity contribution in [3.8, 4) is 0 Å². The van der Waals surface area contributed by atoms with Gasteiger partial charge in [-0.1, -0.05) is 15.9 Å². The van der Waals surface area contributed by atoms with Gasteiger partial charge < -0.3 is 10.6 Å². The van der Waals surface area contributed by atoms with Gasteiger partial charge in [-0.15, -0.1) is 24.0 Å². The average molecular weight is 576 g/mol. The number of sulfone groups is 1. The zero-order valence-electron chi connectivity index (χ0n) is 15.1. The third-order valence-corrected chi connectivity index (χ3v) is 7.84. The van der Waals surface area contributed by atoms with E-state index in [4.69, 9.17) is 0 Å². The first-order valence-electron chi connectivity index (χ1n) is 8.49. The van der Waals surface area contributed by atoms with E-state index in [0.29, 0.717) is 17.4 Å². The fraction of sp³-hybridized carbons (Fsp3) is 0.588. The maximum atomic E-state index is 12.4. The molecule has 9 heteroatoms. The van der Waals surface area contributed by atoms with Gasteiger partial charge in [0.05, 0.1) is 17.2 Å². The number of guanidine groups is 1. The Balaban J connectivity index is 0.00000338. The van der Waals surface area contributed by atoms with Crippen LogP contribution in [0.2, 0.25) is 0 Å². The minimum Gasteiger partial charge on any atom is -0.357 e. The molecule has 0 saturated carbocycles. The monoisotopic (exact) mass is 575 g/mol. The second-order valence-electron chi connectivity index (χ2n) is 6.30. The van der Waals surface area contributed by atoms with Gasteiger partial charge in [-0.2, -0.15) is 11.8 Å². The summed E-state index contributed by atoms with van der Waals surface area (Å²) in [6.45, 7) is 6.06. The van der Waals surface area contributed by atoms with E-state index in [2.05, 4.69) is 38.5 Å². The fourth-order valence-electron chi connectivity index (χ4n) is 2.61. The lowest BCUT2D eigenvalue weighted by atomic mass is 10.1. The van der Waals surface area contributed by atoms with Crippen molar-refractivity contribution >= 4 is 67.5 Å². The number of nitrogens with one attached hydrogen (secondary N) is 2. The molecule has 148 valence electrons. The lowest BCUT2D eigenvalue weighted by Crippen LogP contribution is -2.40. The molecular formula is C17H27BrIN3O2S2. The largest absolute Gasteiger partial charge is 0.357 e. The Bertz CT molecular complexity index is 690. The van der Waals surface area contributed by atoms with Crippen molar-refractivity contribution in [2.45, 2.75) is 36.3 Å². The highest BCUT2D eigenvalue weighted by Crippen LogP contribution is 2.37. The Morgan fingerprint density at radius 2 is 2.00 bits per heavy atom. The fourth-order valence-corrected chi connectivity index (χ4v) is 5.26. The lowest BCUT2D eigenvalue weighted by Gasteiger charge is -2.21. The van der Waals surface area contributed by atoms with Crippen LogP contribution in [-0.2, 0) is 9.84 Å². The molecule has 1 heterocycles. The third kappa shape index (κ3) is 7.55. The van der Waals surface area contributed by atoms with E-state index < -0.39 is 9.84 Å². The summed E-state index contributed by atoms with van der Waals surface area (Å²) in [5.74, 6) is 1.91. The van der Waals surface area contributed by atoms with Crippen molar-refractivity contribution in [3.63, 3.8) is 0 Å². The maximum Gasteiger partial charge on any atom is 0.191 e. The Hall–Kier alpha value is -0.000000000000000111. The summed E-state index contributed by atoms with van der Waals surface area (Å²) in [4.78, 5) is 4.99. The van der Waals surface area contributed by atoms with Gasteiger partial charge in [0.15, 0.2) is 15.8 Å². The van der Waals surface area contributed by atoms with Gasteiger partial charge in [0.2, 0.25) is 0 Å². The Morgan fingerprint density at radius 3 is 2.58 bits per heavy atom. The van der Waals surface area contributed by atoms with Gasteiger partial charge in [-0.25, -0.2) is 8.42 Å². The predicted molar refractivity (Wildman–Crippen MR) is 126 cm³/mol. The molecule has 5 nitrogen and oxygen atoms in total. The molecule has 1 aromatic rings. The van der Waals surface area contributed by atoms with Crippen LogP contribution in [0.4, 0.5) is 0 Å². The molecule has 1 fully saturated rings. The summed E-state index contributed by atoms with van der Waals surface area (Å²) in [5, 5.41) is 6.33. The van der Waals surface area contributed by atoms with Crippen LogP contribution in [0.3, 0.4) is 0 Å². The third-order valence-electron chi connectivity index (χ3n) is 4.05. The van der Waals surface area contributed by atoms with Crippen LogP contribution in [0.5, 0.6) is 0 Å². The summed E-state index contributed by atoms with van der Waals surface area (Å²) < 4.78 is 25.8. The minimum absolute atomic E-state index is 0. The number of nitrogens with zero attached hydrogens (tertiary/aromatic N) is 1. The van der Waals surface area contributed by atoms with Crippen molar-refractivity contribution in [2.24, 2.45) is 4.99 Å². The molecule has 0 bridgehead atoms. The standard InChI is InChI=1S/C17H26BrN3O2S2.HI/c1-3-19-16(21-13-17(2)9-4-11-24-17)20-10-12-25(22,23)15-7-5-14(18)6-8-15;/h5-8H,3-4,9-13H2,1-2H3,(H2,19,20,21);1H. The summed E-state index contributed by atoms with van der Waals surface area (Å²) in [5.41, 5.74) is 0. The molecular weight excluding hydrogens is 549 g/mol. The summed E-state index contributed by atoms with van der Waals surface area (Å²) in [7, 11) is -3.30. The van der Waals surface area contributed by atoms with Crippen molar-refractivity contribution in [2.75, 3.05) is 31.1 Å². The lowest BCUT2D eigenvalue weighted by molar-refractivity contribution is 0.594.